The van der Waals surface area contributed by atoms with E-state index in [0.29, 0.717) is 16.5 Å². The van der Waals surface area contributed by atoms with Crippen LogP contribution in [0.25, 0.3) is 99.4 Å². The zero-order valence-electron chi connectivity index (χ0n) is 48.6. The number of furan rings is 1. The van der Waals surface area contributed by atoms with Crippen molar-refractivity contribution in [2.45, 2.75) is 6.92 Å². The molecule has 0 aliphatic heterocycles. The van der Waals surface area contributed by atoms with Gasteiger partial charge in [-0.05, 0) is 102 Å². The van der Waals surface area contributed by atoms with E-state index < -0.39 is 193 Å². The van der Waals surface area contributed by atoms with Gasteiger partial charge in [-0.15, -0.1) is 0 Å². The molecule has 0 saturated heterocycles. The van der Waals surface area contributed by atoms with Gasteiger partial charge in [0.25, 0.3) is 0 Å². The maximum Gasteiger partial charge on any atom is 0.180 e. The van der Waals surface area contributed by atoms with E-state index in [4.69, 9.17) is 19.5 Å². The van der Waals surface area contributed by atoms with Crippen molar-refractivity contribution < 1.29 is 34.6 Å². The van der Waals surface area contributed by atoms with Gasteiger partial charge in [-0.25, -0.2) is 9.97 Å². The van der Waals surface area contributed by atoms with Gasteiger partial charge in [-0.3, -0.25) is 0 Å². The molecule has 0 radical (unpaired) electrons. The van der Waals surface area contributed by atoms with Gasteiger partial charge in [0.15, 0.2) is 5.58 Å². The first kappa shape index (κ1) is 14.7. The summed E-state index contributed by atoms with van der Waals surface area (Å²) < 4.78 is 208. The summed E-state index contributed by atoms with van der Waals surface area (Å²) in [4.78, 5) is 8.79. The van der Waals surface area contributed by atoms with Crippen LogP contribution in [0.1, 0.15) is 35.7 Å². The van der Waals surface area contributed by atoms with Gasteiger partial charge in [0.1, 0.15) is 23.1 Å². The third-order valence-electron chi connectivity index (χ3n) is 8.76. The predicted molar refractivity (Wildman–Crippen MR) is 214 cm³/mol. The van der Waals surface area contributed by atoms with Crippen molar-refractivity contribution in [1.82, 2.24) is 19.1 Å². The van der Waals surface area contributed by atoms with E-state index >= 15 is 0 Å². The Morgan fingerprint density at radius 3 is 1.85 bits per heavy atom. The molecule has 0 aliphatic rings. The third-order valence-corrected chi connectivity index (χ3v) is 8.76. The predicted octanol–water partition coefficient (Wildman–Crippen LogP) is 12.2. The maximum atomic E-state index is 9.92. The van der Waals surface area contributed by atoms with E-state index in [-0.39, 0.29) is 28.4 Å². The fraction of sp³-hybridized carbons (Fsp3) is 0.0213. The molecule has 0 spiro atoms. The highest BCUT2D eigenvalue weighted by atomic mass is 16.3. The Kier molecular flexibility index (Phi) is 3.11. The minimum absolute atomic E-state index is 0.0470. The van der Waals surface area contributed by atoms with Crippen molar-refractivity contribution in [2.24, 2.45) is 0 Å². The number of nitrogens with zero attached hydrogens (tertiary/aromatic N) is 4. The molecule has 4 heterocycles. The topological polar surface area (TPSA) is 48.8 Å². The summed E-state index contributed by atoms with van der Waals surface area (Å²) in [5.74, 6) is 0. The zero-order valence-corrected chi connectivity index (χ0v) is 26.6. The number of benzene rings is 7. The van der Waals surface area contributed by atoms with Gasteiger partial charge in [-0.2, -0.15) is 0 Å². The van der Waals surface area contributed by atoms with Crippen molar-refractivity contribution in [3.8, 4) is 33.8 Å². The summed E-state index contributed by atoms with van der Waals surface area (Å²) in [5, 5.41) is -1.36. The van der Waals surface area contributed by atoms with Gasteiger partial charge in [0.05, 0.1) is 52.2 Å². The number of hydrogen-bond donors (Lipinski definition) is 0. The zero-order chi connectivity index (χ0) is 53.5. The number of para-hydroxylation sites is 4. The summed E-state index contributed by atoms with van der Waals surface area (Å²) in [6, 6.07) is -10.5. The minimum atomic E-state index is -0.949. The standard InChI is InChI=1S/C47H30N4O/c1-29-23-32(45-47-46(49-28-48-45)37-15-7-10-18-44(37)52-47)25-34(24-29)51-41-17-9-6-14-36(41)39-27-31(20-22-43(39)51)30-19-21-42-38(26-30)35-13-5-8-16-40(35)50(42)33-11-3-2-4-12-33/h2-28H,1H3/i2D,3D,4D,5D,6D,8D,9D,11D,12D,13D,14D,16D,17D,19D,20D,21D,22D,23D,24D,25D,26D,27D. The molecule has 0 amide bonds. The van der Waals surface area contributed by atoms with Gasteiger partial charge in [0.2, 0.25) is 0 Å². The second-order valence-corrected chi connectivity index (χ2v) is 11.8. The lowest BCUT2D eigenvalue weighted by Gasteiger charge is -2.12. The molecule has 0 unspecified atom stereocenters. The van der Waals surface area contributed by atoms with Crippen molar-refractivity contribution in [2.75, 3.05) is 0 Å². The van der Waals surface area contributed by atoms with Crippen LogP contribution in [0.15, 0.2) is 168 Å². The molecule has 5 nitrogen and oxygen atoms in total. The lowest BCUT2D eigenvalue weighted by Crippen LogP contribution is -1.96. The lowest BCUT2D eigenvalue weighted by atomic mass is 10.0. The molecule has 11 aromatic rings. The van der Waals surface area contributed by atoms with Crippen molar-refractivity contribution in [3.63, 3.8) is 0 Å². The van der Waals surface area contributed by atoms with E-state index in [9.17, 15) is 15.1 Å². The number of hydrogen-bond acceptors (Lipinski definition) is 3. The van der Waals surface area contributed by atoms with Crippen LogP contribution in [0.3, 0.4) is 0 Å². The molecule has 0 N–H and O–H groups in total. The molecule has 0 bridgehead atoms. The molecule has 52 heavy (non-hydrogen) atoms. The van der Waals surface area contributed by atoms with E-state index in [0.717, 1.165) is 9.13 Å². The Bertz CT molecular complexity index is 4450. The fourth-order valence-electron chi connectivity index (χ4n) is 6.59. The van der Waals surface area contributed by atoms with Crippen LogP contribution in [0.5, 0.6) is 0 Å². The van der Waals surface area contributed by atoms with Crippen LogP contribution in [-0.4, -0.2) is 19.1 Å². The Balaban J connectivity index is 1.31. The van der Waals surface area contributed by atoms with E-state index in [1.54, 1.807) is 24.3 Å². The Morgan fingerprint density at radius 2 is 1.13 bits per heavy atom. The van der Waals surface area contributed by atoms with Crippen LogP contribution in [0, 0.1) is 6.92 Å². The number of aromatic nitrogens is 4. The van der Waals surface area contributed by atoms with Crippen molar-refractivity contribution in [1.29, 1.82) is 0 Å². The normalized spacial score (nSPS) is 17.9. The maximum absolute atomic E-state index is 9.92. The summed E-state index contributed by atoms with van der Waals surface area (Å²) in [5.41, 5.74) is -4.12. The summed E-state index contributed by atoms with van der Waals surface area (Å²) in [6.07, 6.45) is 1.20. The Hall–Kier alpha value is -6.98. The van der Waals surface area contributed by atoms with Crippen LogP contribution in [-0.2, 0) is 0 Å². The highest BCUT2D eigenvalue weighted by molar-refractivity contribution is 6.13. The summed E-state index contributed by atoms with van der Waals surface area (Å²) >= 11 is 0. The molecule has 7 aromatic carbocycles. The highest BCUT2D eigenvalue weighted by Crippen LogP contribution is 2.40. The monoisotopic (exact) mass is 688 g/mol. The van der Waals surface area contributed by atoms with E-state index in [1.807, 2.05) is 0 Å². The van der Waals surface area contributed by atoms with Crippen LogP contribution >= 0.6 is 0 Å². The second kappa shape index (κ2) is 11.0. The smallest absolute Gasteiger partial charge is 0.180 e. The SMILES string of the molecule is [2H]c1c([2H])c([2H])c(-n2c3c([2H])c([2H])c([2H])c([2H])c3c3c([2H])c(-c4c([2H])c([2H])c5c(c4[2H])c4c([2H])c([2H])c([2H])c([2H])c4n5-c4c([2H])c(C)c([2H])c(-c5ncnc6c5oc5ccccc56)c4[2H])c([2H])c([2H])c32)c([2H])c1[2H]. The Labute approximate surface area is 329 Å². The molecule has 4 aromatic heterocycles. The largest absolute Gasteiger partial charge is 0.452 e. The second-order valence-electron chi connectivity index (χ2n) is 11.8. The fourth-order valence-corrected chi connectivity index (χ4v) is 6.59. The molecule has 11 rings (SSSR count). The molecule has 244 valence electrons. The molecular weight excluding hydrogens is 637 g/mol. The first-order valence-corrected chi connectivity index (χ1v) is 15.8. The van der Waals surface area contributed by atoms with Gasteiger partial charge in [-0.1, -0.05) is 78.6 Å². The Morgan fingerprint density at radius 1 is 0.519 bits per heavy atom. The third kappa shape index (κ3) is 4.23. The van der Waals surface area contributed by atoms with Crippen molar-refractivity contribution >= 4 is 65.7 Å². The molecule has 0 fully saturated rings. The van der Waals surface area contributed by atoms with Crippen molar-refractivity contribution in [3.05, 3.63) is 169 Å². The number of fused-ring (bicyclic) bond motifs is 9. The molecular formula is C47H30N4O. The molecule has 0 saturated carbocycles. The summed E-state index contributed by atoms with van der Waals surface area (Å²) in [6.45, 7) is 1.40. The van der Waals surface area contributed by atoms with E-state index in [2.05, 4.69) is 9.97 Å². The average molecular weight is 689 g/mol. The average Bonchev–Trinajstić information content (AvgIpc) is 4.06. The van der Waals surface area contributed by atoms with Gasteiger partial charge in [0, 0.05) is 43.9 Å². The van der Waals surface area contributed by atoms with Gasteiger partial charge < -0.3 is 13.6 Å². The van der Waals surface area contributed by atoms with Crippen LogP contribution < -0.4 is 0 Å². The minimum Gasteiger partial charge on any atom is -0.452 e. The quantitative estimate of drug-likeness (QED) is 0.185. The van der Waals surface area contributed by atoms with Crippen LogP contribution in [0.2, 0.25) is 0 Å². The van der Waals surface area contributed by atoms with E-state index in [1.165, 1.54) is 13.3 Å². The summed E-state index contributed by atoms with van der Waals surface area (Å²) in [7, 11) is 0. The first-order chi connectivity index (χ1) is 34.9. The number of rotatable bonds is 4. The van der Waals surface area contributed by atoms with Gasteiger partial charge >= 0.3 is 0 Å². The first-order valence-electron chi connectivity index (χ1n) is 26.8. The lowest BCUT2D eigenvalue weighted by molar-refractivity contribution is 0.667. The molecule has 0 aliphatic carbocycles. The molecule has 0 atom stereocenters. The van der Waals surface area contributed by atoms with Crippen LogP contribution in [0.4, 0.5) is 0 Å². The highest BCUT2D eigenvalue weighted by Gasteiger charge is 2.19. The molecule has 5 heteroatoms.